The van der Waals surface area contributed by atoms with E-state index in [2.05, 4.69) is 20.9 Å². The number of aromatic carboxylic acids is 1. The molecule has 0 fully saturated rings. The van der Waals surface area contributed by atoms with Gasteiger partial charge in [-0.3, -0.25) is 4.98 Å². The minimum Gasteiger partial charge on any atom is -0.478 e. The molecule has 1 rings (SSSR count). The summed E-state index contributed by atoms with van der Waals surface area (Å²) in [6.45, 7) is 1.55. The van der Waals surface area contributed by atoms with Gasteiger partial charge in [-0.2, -0.15) is 0 Å². The average Bonchev–Trinajstić information content (AvgIpc) is 2.15. The number of pyridine rings is 1. The van der Waals surface area contributed by atoms with Gasteiger partial charge >= 0.3 is 5.97 Å². The molecule has 0 spiro atoms. The fourth-order valence-electron chi connectivity index (χ4n) is 1.28. The SMILES string of the molecule is Cc1cc(C(F)F)c(C(=O)O)c(CBr)n1. The van der Waals surface area contributed by atoms with Crippen LogP contribution in [-0.2, 0) is 5.33 Å². The van der Waals surface area contributed by atoms with Crippen LogP contribution in [0.3, 0.4) is 0 Å². The molecule has 0 radical (unpaired) electrons. The van der Waals surface area contributed by atoms with Gasteiger partial charge in [0.25, 0.3) is 6.43 Å². The fraction of sp³-hybridized carbons (Fsp3) is 0.333. The fourth-order valence-corrected chi connectivity index (χ4v) is 1.69. The van der Waals surface area contributed by atoms with E-state index in [0.29, 0.717) is 5.69 Å². The Morgan fingerprint density at radius 3 is 2.67 bits per heavy atom. The summed E-state index contributed by atoms with van der Waals surface area (Å²) in [5.74, 6) is -1.38. The molecule has 1 aromatic heterocycles. The van der Waals surface area contributed by atoms with Crippen molar-refractivity contribution >= 4 is 21.9 Å². The van der Waals surface area contributed by atoms with Gasteiger partial charge in [0.2, 0.25) is 0 Å². The quantitative estimate of drug-likeness (QED) is 0.866. The van der Waals surface area contributed by atoms with Gasteiger partial charge in [0.05, 0.1) is 11.3 Å². The van der Waals surface area contributed by atoms with E-state index in [4.69, 9.17) is 5.11 Å². The van der Waals surface area contributed by atoms with Crippen molar-refractivity contribution in [2.45, 2.75) is 18.7 Å². The van der Waals surface area contributed by atoms with Crippen LogP contribution < -0.4 is 0 Å². The van der Waals surface area contributed by atoms with E-state index >= 15 is 0 Å². The molecule has 0 aliphatic rings. The molecule has 0 unspecified atom stereocenters. The van der Waals surface area contributed by atoms with Gasteiger partial charge in [-0.25, -0.2) is 13.6 Å². The van der Waals surface area contributed by atoms with E-state index in [0.717, 1.165) is 6.07 Å². The minimum absolute atomic E-state index is 0.123. The van der Waals surface area contributed by atoms with Crippen LogP contribution in [0.25, 0.3) is 0 Å². The summed E-state index contributed by atoms with van der Waals surface area (Å²) in [5, 5.41) is 8.96. The molecule has 0 aromatic carbocycles. The molecule has 1 N–H and O–H groups in total. The van der Waals surface area contributed by atoms with Crippen molar-refractivity contribution in [3.63, 3.8) is 0 Å². The highest BCUT2D eigenvalue weighted by Gasteiger charge is 2.22. The molecule has 0 saturated heterocycles. The molecule has 3 nitrogen and oxygen atoms in total. The number of carbonyl (C=O) groups is 1. The number of rotatable bonds is 3. The van der Waals surface area contributed by atoms with E-state index in [-0.39, 0.29) is 11.0 Å². The molecular formula is C9H8BrF2NO2. The average molecular weight is 280 g/mol. The van der Waals surface area contributed by atoms with Gasteiger partial charge in [0.1, 0.15) is 0 Å². The zero-order valence-corrected chi connectivity index (χ0v) is 9.38. The van der Waals surface area contributed by atoms with Crippen molar-refractivity contribution in [3.8, 4) is 0 Å². The second kappa shape index (κ2) is 4.65. The predicted octanol–water partition coefficient (Wildman–Crippen LogP) is 2.92. The van der Waals surface area contributed by atoms with Gasteiger partial charge in [0, 0.05) is 16.6 Å². The Hall–Kier alpha value is -1.04. The van der Waals surface area contributed by atoms with Gasteiger partial charge in [-0.1, -0.05) is 15.9 Å². The van der Waals surface area contributed by atoms with Crippen molar-refractivity contribution in [3.05, 3.63) is 28.6 Å². The zero-order chi connectivity index (χ0) is 11.6. The van der Waals surface area contributed by atoms with Crippen molar-refractivity contribution in [1.29, 1.82) is 0 Å². The number of aryl methyl sites for hydroxylation is 1. The molecule has 0 amide bonds. The third-order valence-corrected chi connectivity index (χ3v) is 2.36. The third-order valence-electron chi connectivity index (χ3n) is 1.83. The van der Waals surface area contributed by atoms with Crippen molar-refractivity contribution in [2.75, 3.05) is 0 Å². The lowest BCUT2D eigenvalue weighted by atomic mass is 10.1. The van der Waals surface area contributed by atoms with Crippen molar-refractivity contribution in [2.24, 2.45) is 0 Å². The number of hydrogen-bond donors (Lipinski definition) is 1. The number of halogens is 3. The maximum Gasteiger partial charge on any atom is 0.338 e. The number of carboxylic acids is 1. The Morgan fingerprint density at radius 1 is 1.67 bits per heavy atom. The molecule has 0 bridgehead atoms. The Labute approximate surface area is 93.3 Å². The smallest absolute Gasteiger partial charge is 0.338 e. The molecule has 15 heavy (non-hydrogen) atoms. The monoisotopic (exact) mass is 279 g/mol. The number of carboxylic acid groups (broad SMARTS) is 1. The number of hydrogen-bond acceptors (Lipinski definition) is 2. The molecule has 0 aliphatic carbocycles. The third kappa shape index (κ3) is 2.50. The maximum atomic E-state index is 12.6. The Morgan fingerprint density at radius 2 is 2.27 bits per heavy atom. The predicted molar refractivity (Wildman–Crippen MR) is 53.5 cm³/mol. The molecular weight excluding hydrogens is 272 g/mol. The first kappa shape index (κ1) is 12.0. The lowest BCUT2D eigenvalue weighted by molar-refractivity contribution is 0.0683. The second-order valence-corrected chi connectivity index (χ2v) is 3.47. The first-order chi connectivity index (χ1) is 6.97. The summed E-state index contributed by atoms with van der Waals surface area (Å²) in [6.07, 6.45) is -2.81. The molecule has 0 atom stereocenters. The van der Waals surface area contributed by atoms with Crippen LogP contribution in [-0.4, -0.2) is 16.1 Å². The van der Waals surface area contributed by atoms with E-state index in [1.54, 1.807) is 6.92 Å². The van der Waals surface area contributed by atoms with Crippen LogP contribution in [0.15, 0.2) is 6.07 Å². The van der Waals surface area contributed by atoms with E-state index in [1.165, 1.54) is 0 Å². The first-order valence-electron chi connectivity index (χ1n) is 4.05. The summed E-state index contributed by atoms with van der Waals surface area (Å²) in [6, 6.07) is 1.10. The standard InChI is InChI=1S/C9H8BrF2NO2/c1-4-2-5(8(11)12)7(9(14)15)6(3-10)13-4/h2,8H,3H2,1H3,(H,14,15). The molecule has 82 valence electrons. The van der Waals surface area contributed by atoms with E-state index in [9.17, 15) is 13.6 Å². The minimum atomic E-state index is -2.81. The molecule has 1 aromatic rings. The summed E-state index contributed by atoms with van der Waals surface area (Å²) in [7, 11) is 0. The van der Waals surface area contributed by atoms with Gasteiger partial charge in [-0.15, -0.1) is 0 Å². The Kier molecular flexibility index (Phi) is 3.73. The second-order valence-electron chi connectivity index (χ2n) is 2.91. The van der Waals surface area contributed by atoms with Crippen LogP contribution >= 0.6 is 15.9 Å². The van der Waals surface area contributed by atoms with Crippen LogP contribution in [0.1, 0.15) is 33.7 Å². The zero-order valence-electron chi connectivity index (χ0n) is 7.80. The summed E-state index contributed by atoms with van der Waals surface area (Å²) in [4.78, 5) is 14.7. The summed E-state index contributed by atoms with van der Waals surface area (Å²) >= 11 is 3.02. The highest BCUT2D eigenvalue weighted by Crippen LogP contribution is 2.26. The highest BCUT2D eigenvalue weighted by molar-refractivity contribution is 9.08. The Balaban J connectivity index is 3.47. The Bertz CT molecular complexity index is 396. The van der Waals surface area contributed by atoms with Crippen LogP contribution in [0.4, 0.5) is 8.78 Å². The molecule has 1 heterocycles. The first-order valence-corrected chi connectivity index (χ1v) is 5.17. The maximum absolute atomic E-state index is 12.6. The molecule has 0 saturated carbocycles. The highest BCUT2D eigenvalue weighted by atomic mass is 79.9. The largest absolute Gasteiger partial charge is 0.478 e. The van der Waals surface area contributed by atoms with Gasteiger partial charge in [-0.05, 0) is 13.0 Å². The van der Waals surface area contributed by atoms with Crippen LogP contribution in [0, 0.1) is 6.92 Å². The van der Waals surface area contributed by atoms with E-state index < -0.39 is 23.5 Å². The normalized spacial score (nSPS) is 10.7. The van der Waals surface area contributed by atoms with Crippen molar-refractivity contribution < 1.29 is 18.7 Å². The van der Waals surface area contributed by atoms with Gasteiger partial charge < -0.3 is 5.11 Å². The summed E-state index contributed by atoms with van der Waals surface area (Å²) < 4.78 is 25.2. The van der Waals surface area contributed by atoms with E-state index in [1.807, 2.05) is 0 Å². The van der Waals surface area contributed by atoms with Crippen molar-refractivity contribution in [1.82, 2.24) is 4.98 Å². The lowest BCUT2D eigenvalue weighted by Crippen LogP contribution is -2.10. The lowest BCUT2D eigenvalue weighted by Gasteiger charge is -2.09. The van der Waals surface area contributed by atoms with Crippen LogP contribution in [0.2, 0.25) is 0 Å². The number of aromatic nitrogens is 1. The summed E-state index contributed by atoms with van der Waals surface area (Å²) in [5.41, 5.74) is -0.389. The topological polar surface area (TPSA) is 50.2 Å². The molecule has 6 heteroatoms. The van der Waals surface area contributed by atoms with Gasteiger partial charge in [0.15, 0.2) is 0 Å². The number of nitrogens with zero attached hydrogens (tertiary/aromatic N) is 1. The molecule has 0 aliphatic heterocycles. The van der Waals surface area contributed by atoms with Crippen LogP contribution in [0.5, 0.6) is 0 Å². The number of alkyl halides is 3.